The topological polar surface area (TPSA) is 63.5 Å². The second-order valence-corrected chi connectivity index (χ2v) is 9.25. The molecule has 7 heteroatoms. The quantitative estimate of drug-likeness (QED) is 0.461. The van der Waals surface area contributed by atoms with Crippen LogP contribution in [0.1, 0.15) is 24.1 Å². The smallest absolute Gasteiger partial charge is 0.271 e. The van der Waals surface area contributed by atoms with Crippen LogP contribution in [0.4, 0.5) is 5.69 Å². The van der Waals surface area contributed by atoms with E-state index in [2.05, 4.69) is 10.3 Å². The fourth-order valence-corrected chi connectivity index (χ4v) is 5.31. The standard InChI is InChI=1S/C27H20ClN3O2S/c1-17-23(25(32)30-19-12-6-3-7-13-19)24(20-14-8-9-15-21(20)28)31-26(33)22(34-27(31)29-17)16-18-10-4-2-5-11-18/h2-16,24H,1H3,(H,30,32). The number of amides is 1. The van der Waals surface area contributed by atoms with Gasteiger partial charge in [0.25, 0.3) is 11.5 Å². The Hall–Kier alpha value is -3.74. The van der Waals surface area contributed by atoms with Gasteiger partial charge in [-0.2, -0.15) is 0 Å². The Kier molecular flexibility index (Phi) is 6.01. The maximum absolute atomic E-state index is 13.6. The van der Waals surface area contributed by atoms with Crippen molar-refractivity contribution in [3.63, 3.8) is 0 Å². The highest BCUT2D eigenvalue weighted by molar-refractivity contribution is 7.07. The third kappa shape index (κ3) is 4.14. The van der Waals surface area contributed by atoms with Gasteiger partial charge in [-0.05, 0) is 42.3 Å². The number of anilines is 1. The molecule has 1 aliphatic heterocycles. The van der Waals surface area contributed by atoms with E-state index >= 15 is 0 Å². The first-order valence-electron chi connectivity index (χ1n) is 10.7. The van der Waals surface area contributed by atoms with Crippen molar-refractivity contribution in [3.05, 3.63) is 132 Å². The number of nitrogens with one attached hydrogen (secondary N) is 1. The molecular formula is C27H20ClN3O2S. The van der Waals surface area contributed by atoms with Gasteiger partial charge < -0.3 is 5.32 Å². The number of fused-ring (bicyclic) bond motifs is 1. The van der Waals surface area contributed by atoms with Gasteiger partial charge in [-0.1, -0.05) is 89.7 Å². The molecule has 0 aliphatic carbocycles. The number of hydrogen-bond donors (Lipinski definition) is 1. The molecule has 1 N–H and O–H groups in total. The SMILES string of the molecule is CC1=C(C(=O)Nc2ccccc2)C(c2ccccc2Cl)n2c(sc(=Cc3ccccc3)c2=O)=N1. The van der Waals surface area contributed by atoms with E-state index in [1.54, 1.807) is 17.6 Å². The van der Waals surface area contributed by atoms with Crippen LogP contribution in [-0.4, -0.2) is 10.5 Å². The largest absolute Gasteiger partial charge is 0.322 e. The van der Waals surface area contributed by atoms with Gasteiger partial charge in [0.2, 0.25) is 0 Å². The summed E-state index contributed by atoms with van der Waals surface area (Å²) >= 11 is 7.89. The van der Waals surface area contributed by atoms with Crippen LogP contribution in [0.3, 0.4) is 0 Å². The minimum absolute atomic E-state index is 0.213. The summed E-state index contributed by atoms with van der Waals surface area (Å²) in [7, 11) is 0. The van der Waals surface area contributed by atoms with Crippen LogP contribution in [0.2, 0.25) is 5.02 Å². The number of carbonyl (C=O) groups excluding carboxylic acids is 1. The molecule has 5 nitrogen and oxygen atoms in total. The van der Waals surface area contributed by atoms with E-state index in [9.17, 15) is 9.59 Å². The van der Waals surface area contributed by atoms with Crippen molar-refractivity contribution in [1.82, 2.24) is 4.57 Å². The van der Waals surface area contributed by atoms with Gasteiger partial charge in [0.15, 0.2) is 4.80 Å². The van der Waals surface area contributed by atoms with E-state index < -0.39 is 6.04 Å². The number of halogens is 1. The van der Waals surface area contributed by atoms with Crippen molar-refractivity contribution in [3.8, 4) is 0 Å². The third-order valence-electron chi connectivity index (χ3n) is 5.60. The molecule has 1 aliphatic rings. The van der Waals surface area contributed by atoms with Crippen LogP contribution in [0.15, 0.2) is 106 Å². The lowest BCUT2D eigenvalue weighted by Gasteiger charge is -2.26. The molecule has 1 aromatic heterocycles. The lowest BCUT2D eigenvalue weighted by atomic mass is 9.95. The lowest BCUT2D eigenvalue weighted by molar-refractivity contribution is -0.113. The van der Waals surface area contributed by atoms with Crippen LogP contribution in [0, 0.1) is 0 Å². The Bertz CT molecular complexity index is 1590. The Morgan fingerprint density at radius 2 is 1.65 bits per heavy atom. The van der Waals surface area contributed by atoms with Crippen LogP contribution >= 0.6 is 22.9 Å². The molecule has 0 saturated heterocycles. The van der Waals surface area contributed by atoms with Crippen LogP contribution in [-0.2, 0) is 4.79 Å². The molecule has 168 valence electrons. The molecule has 2 heterocycles. The number of benzene rings is 3. The average Bonchev–Trinajstić information content (AvgIpc) is 3.14. The zero-order valence-corrected chi connectivity index (χ0v) is 19.8. The zero-order chi connectivity index (χ0) is 23.7. The van der Waals surface area contributed by atoms with Crippen LogP contribution < -0.4 is 20.2 Å². The summed E-state index contributed by atoms with van der Waals surface area (Å²) < 4.78 is 2.12. The number of thiazole rings is 1. The maximum atomic E-state index is 13.6. The van der Waals surface area contributed by atoms with Gasteiger partial charge in [-0.25, -0.2) is 4.99 Å². The summed E-state index contributed by atoms with van der Waals surface area (Å²) in [6.45, 7) is 1.79. The van der Waals surface area contributed by atoms with E-state index in [0.717, 1.165) is 5.56 Å². The number of carbonyl (C=O) groups is 1. The van der Waals surface area contributed by atoms with Gasteiger partial charge >= 0.3 is 0 Å². The molecule has 0 saturated carbocycles. The van der Waals surface area contributed by atoms with E-state index in [4.69, 9.17) is 11.6 Å². The molecule has 4 aromatic rings. The first kappa shape index (κ1) is 22.1. The second-order valence-electron chi connectivity index (χ2n) is 7.83. The molecule has 34 heavy (non-hydrogen) atoms. The number of para-hydroxylation sites is 1. The Labute approximate surface area is 205 Å². The van der Waals surface area contributed by atoms with E-state index in [-0.39, 0.29) is 11.5 Å². The fraction of sp³-hybridized carbons (Fsp3) is 0.0741. The van der Waals surface area contributed by atoms with E-state index in [1.807, 2.05) is 84.9 Å². The van der Waals surface area contributed by atoms with E-state index in [1.165, 1.54) is 11.3 Å². The van der Waals surface area contributed by atoms with Gasteiger partial charge in [-0.3, -0.25) is 14.2 Å². The fourth-order valence-electron chi connectivity index (χ4n) is 4.02. The molecule has 5 rings (SSSR count). The molecule has 3 aromatic carbocycles. The van der Waals surface area contributed by atoms with Gasteiger partial charge in [0.1, 0.15) is 0 Å². The Morgan fingerprint density at radius 1 is 1.00 bits per heavy atom. The molecule has 0 fully saturated rings. The maximum Gasteiger partial charge on any atom is 0.271 e. The number of aromatic nitrogens is 1. The Balaban J connectivity index is 1.70. The second kappa shape index (κ2) is 9.25. The highest BCUT2D eigenvalue weighted by Crippen LogP contribution is 2.34. The van der Waals surface area contributed by atoms with E-state index in [0.29, 0.717) is 36.9 Å². The summed E-state index contributed by atoms with van der Waals surface area (Å²) in [5.74, 6) is -0.324. The van der Waals surface area contributed by atoms with Gasteiger partial charge in [0.05, 0.1) is 21.8 Å². The molecule has 1 amide bonds. The predicted octanol–water partition coefficient (Wildman–Crippen LogP) is 4.53. The molecule has 0 radical (unpaired) electrons. The minimum atomic E-state index is -0.702. The molecular weight excluding hydrogens is 466 g/mol. The minimum Gasteiger partial charge on any atom is -0.322 e. The lowest BCUT2D eigenvalue weighted by Crippen LogP contribution is -2.40. The first-order valence-corrected chi connectivity index (χ1v) is 11.9. The number of hydrogen-bond acceptors (Lipinski definition) is 4. The van der Waals surface area contributed by atoms with Crippen molar-refractivity contribution in [2.75, 3.05) is 5.32 Å². The predicted molar refractivity (Wildman–Crippen MR) is 137 cm³/mol. The van der Waals surface area contributed by atoms with Crippen molar-refractivity contribution in [2.24, 2.45) is 4.99 Å². The third-order valence-corrected chi connectivity index (χ3v) is 6.92. The van der Waals surface area contributed by atoms with Crippen LogP contribution in [0.5, 0.6) is 0 Å². The van der Waals surface area contributed by atoms with Gasteiger partial charge in [-0.15, -0.1) is 0 Å². The molecule has 0 spiro atoms. The summed E-state index contributed by atoms with van der Waals surface area (Å²) in [6.07, 6.45) is 1.84. The first-order chi connectivity index (χ1) is 16.5. The molecule has 0 bridgehead atoms. The summed E-state index contributed by atoms with van der Waals surface area (Å²) in [4.78, 5) is 32.3. The normalized spacial score (nSPS) is 15.6. The number of allylic oxidation sites excluding steroid dienone is 1. The number of nitrogens with zero attached hydrogens (tertiary/aromatic N) is 2. The molecule has 1 unspecified atom stereocenters. The highest BCUT2D eigenvalue weighted by atomic mass is 35.5. The van der Waals surface area contributed by atoms with Gasteiger partial charge in [0, 0.05) is 10.7 Å². The van der Waals surface area contributed by atoms with Crippen molar-refractivity contribution in [1.29, 1.82) is 0 Å². The summed E-state index contributed by atoms with van der Waals surface area (Å²) in [6, 6.07) is 25.4. The molecule has 1 atom stereocenters. The highest BCUT2D eigenvalue weighted by Gasteiger charge is 2.33. The van der Waals surface area contributed by atoms with Crippen LogP contribution in [0.25, 0.3) is 6.08 Å². The Morgan fingerprint density at radius 3 is 2.35 bits per heavy atom. The number of rotatable bonds is 4. The van der Waals surface area contributed by atoms with Crippen molar-refractivity contribution in [2.45, 2.75) is 13.0 Å². The summed E-state index contributed by atoms with van der Waals surface area (Å²) in [5, 5.41) is 3.42. The monoisotopic (exact) mass is 485 g/mol. The zero-order valence-electron chi connectivity index (χ0n) is 18.2. The van der Waals surface area contributed by atoms with Crippen molar-refractivity contribution >= 4 is 40.6 Å². The average molecular weight is 486 g/mol. The summed E-state index contributed by atoms with van der Waals surface area (Å²) in [5.41, 5.74) is 2.97. The van der Waals surface area contributed by atoms with Crippen molar-refractivity contribution < 1.29 is 4.79 Å².